The lowest BCUT2D eigenvalue weighted by molar-refractivity contribution is -0.115. The lowest BCUT2D eigenvalue weighted by atomic mass is 10.2. The SMILES string of the molecule is CCc1oc(-c2ccccc2)nc1CCOc1ccc(/C=C2/SC(=O)NC2=O)cc1. The molecule has 0 atom stereocenters. The Morgan fingerprint density at radius 3 is 2.53 bits per heavy atom. The molecule has 1 fully saturated rings. The molecule has 1 aromatic heterocycles. The van der Waals surface area contributed by atoms with E-state index in [0.29, 0.717) is 23.8 Å². The molecule has 0 saturated carbocycles. The summed E-state index contributed by atoms with van der Waals surface area (Å²) < 4.78 is 11.8. The summed E-state index contributed by atoms with van der Waals surface area (Å²) in [6, 6.07) is 17.2. The molecule has 2 heterocycles. The number of hydrogen-bond donors (Lipinski definition) is 1. The minimum absolute atomic E-state index is 0.346. The van der Waals surface area contributed by atoms with Gasteiger partial charge in [0, 0.05) is 18.4 Å². The number of oxazole rings is 1. The van der Waals surface area contributed by atoms with Crippen molar-refractivity contribution >= 4 is 29.0 Å². The van der Waals surface area contributed by atoms with Gasteiger partial charge in [-0.1, -0.05) is 37.3 Å². The van der Waals surface area contributed by atoms with E-state index < -0.39 is 0 Å². The fraction of sp³-hybridized carbons (Fsp3) is 0.174. The summed E-state index contributed by atoms with van der Waals surface area (Å²) in [7, 11) is 0. The highest BCUT2D eigenvalue weighted by Crippen LogP contribution is 2.26. The van der Waals surface area contributed by atoms with Crippen LogP contribution in [0.1, 0.15) is 23.9 Å². The molecule has 0 radical (unpaired) electrons. The van der Waals surface area contributed by atoms with E-state index in [-0.39, 0.29) is 11.1 Å². The summed E-state index contributed by atoms with van der Waals surface area (Å²) in [6.45, 7) is 2.52. The fourth-order valence-electron chi connectivity index (χ4n) is 3.06. The van der Waals surface area contributed by atoms with Crippen molar-refractivity contribution in [1.29, 1.82) is 0 Å². The molecule has 3 aromatic rings. The van der Waals surface area contributed by atoms with Crippen molar-refractivity contribution < 1.29 is 18.7 Å². The van der Waals surface area contributed by atoms with E-state index in [9.17, 15) is 9.59 Å². The van der Waals surface area contributed by atoms with E-state index in [1.807, 2.05) is 61.5 Å². The molecule has 7 heteroatoms. The van der Waals surface area contributed by atoms with Gasteiger partial charge in [-0.25, -0.2) is 4.98 Å². The molecule has 30 heavy (non-hydrogen) atoms. The van der Waals surface area contributed by atoms with Crippen molar-refractivity contribution in [2.45, 2.75) is 19.8 Å². The van der Waals surface area contributed by atoms with Crippen molar-refractivity contribution in [3.8, 4) is 17.2 Å². The van der Waals surface area contributed by atoms with Gasteiger partial charge >= 0.3 is 0 Å². The molecule has 0 aliphatic carbocycles. The number of ether oxygens (including phenoxy) is 1. The number of benzene rings is 2. The molecule has 1 N–H and O–H groups in total. The van der Waals surface area contributed by atoms with E-state index in [2.05, 4.69) is 10.3 Å². The van der Waals surface area contributed by atoms with Gasteiger partial charge in [0.05, 0.1) is 17.2 Å². The number of rotatable bonds is 7. The van der Waals surface area contributed by atoms with Gasteiger partial charge in [-0.3, -0.25) is 14.9 Å². The predicted molar refractivity (Wildman–Crippen MR) is 116 cm³/mol. The van der Waals surface area contributed by atoms with Crippen molar-refractivity contribution in [2.24, 2.45) is 0 Å². The van der Waals surface area contributed by atoms with Crippen molar-refractivity contribution in [1.82, 2.24) is 10.3 Å². The molecular formula is C23H20N2O4S. The Morgan fingerprint density at radius 1 is 1.10 bits per heavy atom. The van der Waals surface area contributed by atoms with Gasteiger partial charge in [0.2, 0.25) is 5.89 Å². The third kappa shape index (κ3) is 4.63. The largest absolute Gasteiger partial charge is 0.493 e. The molecule has 6 nitrogen and oxygen atoms in total. The van der Waals surface area contributed by atoms with Gasteiger partial charge < -0.3 is 9.15 Å². The molecule has 1 aliphatic heterocycles. The lowest BCUT2D eigenvalue weighted by Crippen LogP contribution is -2.17. The zero-order valence-corrected chi connectivity index (χ0v) is 17.2. The van der Waals surface area contributed by atoms with Gasteiger partial charge in [0.25, 0.3) is 11.1 Å². The second-order valence-corrected chi connectivity index (χ2v) is 7.64. The smallest absolute Gasteiger partial charge is 0.290 e. The topological polar surface area (TPSA) is 81.4 Å². The Morgan fingerprint density at radius 2 is 1.87 bits per heavy atom. The van der Waals surface area contributed by atoms with Crippen molar-refractivity contribution in [3.05, 3.63) is 76.5 Å². The number of carbonyl (C=O) groups excluding carboxylic acids is 2. The quantitative estimate of drug-likeness (QED) is 0.550. The lowest BCUT2D eigenvalue weighted by Gasteiger charge is -2.06. The van der Waals surface area contributed by atoms with Crippen LogP contribution >= 0.6 is 11.8 Å². The number of hydrogen-bond acceptors (Lipinski definition) is 6. The second-order valence-electron chi connectivity index (χ2n) is 6.63. The first-order valence-corrected chi connectivity index (χ1v) is 10.5. The van der Waals surface area contributed by atoms with Crippen LogP contribution in [0.3, 0.4) is 0 Å². The van der Waals surface area contributed by atoms with E-state index >= 15 is 0 Å². The summed E-state index contributed by atoms with van der Waals surface area (Å²) in [6.07, 6.45) is 3.10. The number of aromatic nitrogens is 1. The van der Waals surface area contributed by atoms with Gasteiger partial charge in [0.15, 0.2) is 0 Å². The maximum Gasteiger partial charge on any atom is 0.290 e. The van der Waals surface area contributed by atoms with Crippen LogP contribution in [0.25, 0.3) is 17.5 Å². The van der Waals surface area contributed by atoms with Gasteiger partial charge in [-0.15, -0.1) is 0 Å². The molecule has 0 spiro atoms. The molecule has 0 bridgehead atoms. The maximum atomic E-state index is 11.6. The monoisotopic (exact) mass is 420 g/mol. The van der Waals surface area contributed by atoms with E-state index in [0.717, 1.165) is 46.5 Å². The Bertz CT molecular complexity index is 1090. The second kappa shape index (κ2) is 9.00. The first kappa shape index (κ1) is 20.0. The van der Waals surface area contributed by atoms with Crippen LogP contribution in [0.15, 0.2) is 63.9 Å². The van der Waals surface area contributed by atoms with Crippen molar-refractivity contribution in [2.75, 3.05) is 6.61 Å². The molecule has 2 amide bonds. The minimum atomic E-state index is -0.362. The van der Waals surface area contributed by atoms with Crippen LogP contribution < -0.4 is 10.1 Å². The first-order valence-electron chi connectivity index (χ1n) is 9.64. The Balaban J connectivity index is 1.37. The zero-order chi connectivity index (χ0) is 20.9. The Kier molecular flexibility index (Phi) is 5.99. The number of nitrogens with zero attached hydrogens (tertiary/aromatic N) is 1. The number of nitrogens with one attached hydrogen (secondary N) is 1. The van der Waals surface area contributed by atoms with Crippen LogP contribution in [-0.2, 0) is 17.6 Å². The normalized spacial score (nSPS) is 14.9. The summed E-state index contributed by atoms with van der Waals surface area (Å²) in [5, 5.41) is 1.90. The van der Waals surface area contributed by atoms with Gasteiger partial charge in [-0.05, 0) is 47.7 Å². The maximum absolute atomic E-state index is 11.6. The first-order chi connectivity index (χ1) is 14.6. The third-order valence-electron chi connectivity index (χ3n) is 4.55. The average molecular weight is 420 g/mol. The summed E-state index contributed by atoms with van der Waals surface area (Å²) >= 11 is 0.902. The van der Waals surface area contributed by atoms with Crippen molar-refractivity contribution in [3.63, 3.8) is 0 Å². The Labute approximate surface area is 178 Å². The van der Waals surface area contributed by atoms with Crippen LogP contribution in [0, 0.1) is 0 Å². The van der Waals surface area contributed by atoms with Crippen LogP contribution in [-0.4, -0.2) is 22.7 Å². The number of carbonyl (C=O) groups is 2. The summed E-state index contributed by atoms with van der Waals surface area (Å²) in [4.78, 5) is 27.9. The van der Waals surface area contributed by atoms with E-state index in [1.165, 1.54) is 0 Å². The fourth-order valence-corrected chi connectivity index (χ4v) is 3.74. The van der Waals surface area contributed by atoms with Gasteiger partial charge in [-0.2, -0.15) is 0 Å². The molecule has 152 valence electrons. The predicted octanol–water partition coefficient (Wildman–Crippen LogP) is 4.85. The number of aryl methyl sites for hydroxylation is 1. The highest BCUT2D eigenvalue weighted by Gasteiger charge is 2.24. The zero-order valence-electron chi connectivity index (χ0n) is 16.4. The molecule has 0 unspecified atom stereocenters. The minimum Gasteiger partial charge on any atom is -0.493 e. The van der Waals surface area contributed by atoms with Crippen LogP contribution in [0.4, 0.5) is 4.79 Å². The van der Waals surface area contributed by atoms with Gasteiger partial charge in [0.1, 0.15) is 11.5 Å². The van der Waals surface area contributed by atoms with E-state index in [4.69, 9.17) is 9.15 Å². The number of imide groups is 1. The van der Waals surface area contributed by atoms with Crippen LogP contribution in [0.2, 0.25) is 0 Å². The summed E-state index contributed by atoms with van der Waals surface area (Å²) in [5.41, 5.74) is 2.69. The highest BCUT2D eigenvalue weighted by atomic mass is 32.2. The number of amides is 2. The third-order valence-corrected chi connectivity index (χ3v) is 5.36. The highest BCUT2D eigenvalue weighted by molar-refractivity contribution is 8.18. The molecule has 1 saturated heterocycles. The number of thioether (sulfide) groups is 1. The molecule has 1 aliphatic rings. The van der Waals surface area contributed by atoms with Crippen LogP contribution in [0.5, 0.6) is 5.75 Å². The molecule has 4 rings (SSSR count). The molecular weight excluding hydrogens is 400 g/mol. The standard InChI is InChI=1S/C23H20N2O4S/c1-2-19-18(24-22(29-19)16-6-4-3-5-7-16)12-13-28-17-10-8-15(9-11-17)14-20-21(26)25-23(27)30-20/h3-11,14H,2,12-13H2,1H3,(H,25,26,27)/b20-14+. The molecule has 2 aromatic carbocycles. The average Bonchev–Trinajstić information content (AvgIpc) is 3.32. The Hall–Kier alpha value is -3.32. The summed E-state index contributed by atoms with van der Waals surface area (Å²) in [5.74, 6) is 1.87. The van der Waals surface area contributed by atoms with E-state index in [1.54, 1.807) is 6.08 Å².